The molecule has 0 atom stereocenters. The van der Waals surface area contributed by atoms with Gasteiger partial charge >= 0.3 is 0 Å². The van der Waals surface area contributed by atoms with Gasteiger partial charge in [-0.1, -0.05) is 47.7 Å². The smallest absolute Gasteiger partial charge is 0.0122 e. The highest BCUT2D eigenvalue weighted by Crippen LogP contribution is 2.26. The van der Waals surface area contributed by atoms with Crippen molar-refractivity contribution in [2.24, 2.45) is 0 Å². The molecule has 0 saturated heterocycles. The van der Waals surface area contributed by atoms with Crippen LogP contribution in [0.2, 0.25) is 0 Å². The SMILES string of the molecule is Cc1ccc(Sc2ccccc2)cc1. The lowest BCUT2D eigenvalue weighted by molar-refractivity contribution is 1.36. The maximum atomic E-state index is 2.16. The first-order valence-electron chi connectivity index (χ1n) is 4.64. The van der Waals surface area contributed by atoms with Crippen molar-refractivity contribution in [1.82, 2.24) is 0 Å². The normalized spacial score (nSPS) is 10.1. The Morgan fingerprint density at radius 3 is 1.93 bits per heavy atom. The number of aryl methyl sites for hydroxylation is 1. The fourth-order valence-corrected chi connectivity index (χ4v) is 2.07. The highest BCUT2D eigenvalue weighted by Gasteiger charge is 1.94. The lowest BCUT2D eigenvalue weighted by Gasteiger charge is -2.01. The predicted molar refractivity (Wildman–Crippen MR) is 61.7 cm³/mol. The Morgan fingerprint density at radius 1 is 0.714 bits per heavy atom. The van der Waals surface area contributed by atoms with Gasteiger partial charge in [0, 0.05) is 9.79 Å². The Hall–Kier alpha value is -1.21. The summed E-state index contributed by atoms with van der Waals surface area (Å²) in [6.07, 6.45) is 0. The van der Waals surface area contributed by atoms with E-state index in [9.17, 15) is 0 Å². The average molecular weight is 200 g/mol. The van der Waals surface area contributed by atoms with Crippen LogP contribution in [0, 0.1) is 6.92 Å². The van der Waals surface area contributed by atoms with Crippen LogP contribution in [0.25, 0.3) is 0 Å². The second kappa shape index (κ2) is 4.34. The monoisotopic (exact) mass is 200 g/mol. The molecule has 0 saturated carbocycles. The lowest BCUT2D eigenvalue weighted by Crippen LogP contribution is -1.74. The summed E-state index contributed by atoms with van der Waals surface area (Å²) in [5.74, 6) is 0. The van der Waals surface area contributed by atoms with Crippen LogP contribution in [0.5, 0.6) is 0 Å². The summed E-state index contributed by atoms with van der Waals surface area (Å²) in [7, 11) is 0. The predicted octanol–water partition coefficient (Wildman–Crippen LogP) is 4.15. The number of hydrogen-bond acceptors (Lipinski definition) is 1. The molecule has 0 nitrogen and oxygen atoms in total. The third kappa shape index (κ3) is 2.39. The molecule has 2 rings (SSSR count). The van der Waals surface area contributed by atoms with Crippen molar-refractivity contribution < 1.29 is 0 Å². The van der Waals surface area contributed by atoms with E-state index in [1.54, 1.807) is 11.8 Å². The number of benzene rings is 2. The molecule has 0 aliphatic carbocycles. The van der Waals surface area contributed by atoms with Gasteiger partial charge in [0.1, 0.15) is 0 Å². The minimum atomic E-state index is 1.29. The Balaban J connectivity index is 2.16. The van der Waals surface area contributed by atoms with E-state index in [1.807, 2.05) is 6.07 Å². The van der Waals surface area contributed by atoms with Crippen LogP contribution >= 0.6 is 11.8 Å². The van der Waals surface area contributed by atoms with Crippen molar-refractivity contribution in [3.05, 3.63) is 60.2 Å². The molecule has 0 heterocycles. The molecule has 0 aliphatic heterocycles. The van der Waals surface area contributed by atoms with Gasteiger partial charge in [-0.15, -0.1) is 0 Å². The quantitative estimate of drug-likeness (QED) is 0.702. The molecule has 0 aliphatic rings. The van der Waals surface area contributed by atoms with Gasteiger partial charge in [0.25, 0.3) is 0 Å². The van der Waals surface area contributed by atoms with E-state index in [0.717, 1.165) is 0 Å². The van der Waals surface area contributed by atoms with Crippen LogP contribution in [0.1, 0.15) is 5.56 Å². The molecule has 1 heteroatoms. The Kier molecular flexibility index (Phi) is 2.90. The van der Waals surface area contributed by atoms with E-state index in [-0.39, 0.29) is 0 Å². The molecule has 0 aromatic heterocycles. The van der Waals surface area contributed by atoms with Crippen LogP contribution in [0.3, 0.4) is 0 Å². The lowest BCUT2D eigenvalue weighted by atomic mass is 10.2. The molecule has 14 heavy (non-hydrogen) atoms. The molecular formula is C13H12S. The van der Waals surface area contributed by atoms with Gasteiger partial charge in [-0.3, -0.25) is 0 Å². The molecule has 70 valence electrons. The van der Waals surface area contributed by atoms with E-state index in [2.05, 4.69) is 55.5 Å². The second-order valence-corrected chi connectivity index (χ2v) is 4.38. The molecule has 0 radical (unpaired) electrons. The molecule has 0 amide bonds. The van der Waals surface area contributed by atoms with Gasteiger partial charge in [-0.05, 0) is 31.2 Å². The van der Waals surface area contributed by atoms with E-state index in [4.69, 9.17) is 0 Å². The van der Waals surface area contributed by atoms with E-state index >= 15 is 0 Å². The zero-order chi connectivity index (χ0) is 9.80. The summed E-state index contributed by atoms with van der Waals surface area (Å²) in [4.78, 5) is 2.58. The summed E-state index contributed by atoms with van der Waals surface area (Å²) >= 11 is 1.80. The summed E-state index contributed by atoms with van der Waals surface area (Å²) in [5.41, 5.74) is 1.31. The molecule has 0 unspecified atom stereocenters. The van der Waals surface area contributed by atoms with Crippen molar-refractivity contribution in [3.63, 3.8) is 0 Å². The molecule has 2 aromatic carbocycles. The van der Waals surface area contributed by atoms with Gasteiger partial charge in [0.05, 0.1) is 0 Å². The summed E-state index contributed by atoms with van der Waals surface area (Å²) in [6, 6.07) is 19.0. The molecule has 0 bridgehead atoms. The van der Waals surface area contributed by atoms with Crippen LogP contribution < -0.4 is 0 Å². The zero-order valence-corrected chi connectivity index (χ0v) is 8.92. The van der Waals surface area contributed by atoms with E-state index in [1.165, 1.54) is 15.4 Å². The van der Waals surface area contributed by atoms with Crippen LogP contribution in [0.15, 0.2) is 64.4 Å². The Bertz CT molecular complexity index is 389. The summed E-state index contributed by atoms with van der Waals surface area (Å²) in [6.45, 7) is 2.11. The molecule has 0 fully saturated rings. The van der Waals surface area contributed by atoms with Gasteiger partial charge in [0.2, 0.25) is 0 Å². The zero-order valence-electron chi connectivity index (χ0n) is 8.10. The van der Waals surface area contributed by atoms with Gasteiger partial charge in [-0.25, -0.2) is 0 Å². The molecule has 0 N–H and O–H groups in total. The van der Waals surface area contributed by atoms with Crippen LogP contribution in [-0.4, -0.2) is 0 Å². The third-order valence-electron chi connectivity index (χ3n) is 2.00. The van der Waals surface area contributed by atoms with Crippen molar-refractivity contribution >= 4 is 11.8 Å². The topological polar surface area (TPSA) is 0 Å². The van der Waals surface area contributed by atoms with Crippen LogP contribution in [0.4, 0.5) is 0 Å². The molecule has 2 aromatic rings. The largest absolute Gasteiger partial charge is 0.0901 e. The third-order valence-corrected chi connectivity index (χ3v) is 3.02. The van der Waals surface area contributed by atoms with Crippen molar-refractivity contribution in [2.75, 3.05) is 0 Å². The minimum absolute atomic E-state index is 1.29. The fourth-order valence-electron chi connectivity index (χ4n) is 1.23. The standard InChI is InChI=1S/C13H12S/c1-11-7-9-13(10-8-11)14-12-5-3-2-4-6-12/h2-10H,1H3. The summed E-state index contributed by atoms with van der Waals surface area (Å²) < 4.78 is 0. The highest BCUT2D eigenvalue weighted by molar-refractivity contribution is 7.99. The first-order valence-corrected chi connectivity index (χ1v) is 5.46. The van der Waals surface area contributed by atoms with E-state index in [0.29, 0.717) is 0 Å². The van der Waals surface area contributed by atoms with Crippen molar-refractivity contribution in [3.8, 4) is 0 Å². The Labute approximate surface area is 89.0 Å². The Morgan fingerprint density at radius 2 is 1.29 bits per heavy atom. The molecule has 0 spiro atoms. The van der Waals surface area contributed by atoms with E-state index < -0.39 is 0 Å². The van der Waals surface area contributed by atoms with Crippen molar-refractivity contribution in [2.45, 2.75) is 16.7 Å². The number of hydrogen-bond donors (Lipinski definition) is 0. The number of rotatable bonds is 2. The average Bonchev–Trinajstić information content (AvgIpc) is 2.23. The van der Waals surface area contributed by atoms with Gasteiger partial charge in [-0.2, -0.15) is 0 Å². The fraction of sp³-hybridized carbons (Fsp3) is 0.0769. The second-order valence-electron chi connectivity index (χ2n) is 3.23. The maximum Gasteiger partial charge on any atom is 0.0122 e. The summed E-state index contributed by atoms with van der Waals surface area (Å²) in [5, 5.41) is 0. The highest BCUT2D eigenvalue weighted by atomic mass is 32.2. The van der Waals surface area contributed by atoms with Gasteiger partial charge < -0.3 is 0 Å². The minimum Gasteiger partial charge on any atom is -0.0901 e. The molecular weight excluding hydrogens is 188 g/mol. The maximum absolute atomic E-state index is 2.16. The van der Waals surface area contributed by atoms with Crippen LogP contribution in [-0.2, 0) is 0 Å². The van der Waals surface area contributed by atoms with Gasteiger partial charge in [0.15, 0.2) is 0 Å². The first-order chi connectivity index (χ1) is 6.84. The van der Waals surface area contributed by atoms with Crippen molar-refractivity contribution in [1.29, 1.82) is 0 Å². The first kappa shape index (κ1) is 9.35.